The van der Waals surface area contributed by atoms with Crippen molar-refractivity contribution in [3.05, 3.63) is 29.0 Å². The molecular weight excluding hydrogens is 279 g/mol. The van der Waals surface area contributed by atoms with Crippen molar-refractivity contribution in [2.45, 2.75) is 50.4 Å². The van der Waals surface area contributed by atoms with Crippen molar-refractivity contribution in [3.8, 4) is 0 Å². The molecule has 0 unspecified atom stereocenters. The number of nitrogens with zero attached hydrogens (tertiary/aromatic N) is 2. The van der Waals surface area contributed by atoms with E-state index in [4.69, 9.17) is 23.2 Å². The average Bonchev–Trinajstić information content (AvgIpc) is 2.60. The van der Waals surface area contributed by atoms with Crippen molar-refractivity contribution >= 4 is 34.2 Å². The molecule has 1 aromatic carbocycles. The fourth-order valence-corrected chi connectivity index (χ4v) is 3.49. The minimum atomic E-state index is 0.461. The van der Waals surface area contributed by atoms with Gasteiger partial charge in [0.2, 0.25) is 0 Å². The fraction of sp³-hybridized carbons (Fsp3) is 0.533. The molecule has 0 aliphatic heterocycles. The molecule has 0 amide bonds. The molecule has 1 aliphatic rings. The molecular formula is C15H18Cl2N2. The van der Waals surface area contributed by atoms with Crippen molar-refractivity contribution in [3.63, 3.8) is 0 Å². The van der Waals surface area contributed by atoms with E-state index in [0.717, 1.165) is 21.9 Å². The van der Waals surface area contributed by atoms with E-state index in [2.05, 4.69) is 9.55 Å². The van der Waals surface area contributed by atoms with Gasteiger partial charge < -0.3 is 4.57 Å². The monoisotopic (exact) mass is 296 g/mol. The molecule has 0 radical (unpaired) electrons. The number of benzene rings is 1. The Morgan fingerprint density at radius 2 is 1.89 bits per heavy atom. The van der Waals surface area contributed by atoms with E-state index in [9.17, 15) is 0 Å². The Morgan fingerprint density at radius 3 is 2.58 bits per heavy atom. The second-order valence-electron chi connectivity index (χ2n) is 5.31. The lowest BCUT2D eigenvalue weighted by Crippen LogP contribution is -2.11. The summed E-state index contributed by atoms with van der Waals surface area (Å²) >= 11 is 12.2. The van der Waals surface area contributed by atoms with Gasteiger partial charge in [-0.05, 0) is 31.0 Å². The first-order valence-corrected chi connectivity index (χ1v) is 7.93. The lowest BCUT2D eigenvalue weighted by atomic mass is 10.1. The topological polar surface area (TPSA) is 17.8 Å². The van der Waals surface area contributed by atoms with Gasteiger partial charge in [0.15, 0.2) is 0 Å². The molecule has 1 aromatic heterocycles. The number of halogens is 2. The number of aromatic nitrogens is 2. The van der Waals surface area contributed by atoms with Crippen LogP contribution in [0.2, 0.25) is 5.02 Å². The Labute approximate surface area is 123 Å². The van der Waals surface area contributed by atoms with E-state index in [1.165, 1.54) is 38.5 Å². The third kappa shape index (κ3) is 2.61. The summed E-state index contributed by atoms with van der Waals surface area (Å²) in [6, 6.07) is 6.43. The molecule has 1 heterocycles. The van der Waals surface area contributed by atoms with Gasteiger partial charge in [-0.1, -0.05) is 37.3 Å². The van der Waals surface area contributed by atoms with E-state index in [0.29, 0.717) is 11.9 Å². The number of fused-ring (bicyclic) bond motifs is 1. The third-order valence-electron chi connectivity index (χ3n) is 4.03. The molecule has 19 heavy (non-hydrogen) atoms. The van der Waals surface area contributed by atoms with Gasteiger partial charge >= 0.3 is 0 Å². The van der Waals surface area contributed by atoms with Crippen LogP contribution in [-0.4, -0.2) is 9.55 Å². The van der Waals surface area contributed by atoms with E-state index < -0.39 is 0 Å². The fourth-order valence-electron chi connectivity index (χ4n) is 3.13. The van der Waals surface area contributed by atoms with Crippen LogP contribution < -0.4 is 0 Å². The predicted octanol–water partition coefficient (Wildman–Crippen LogP) is 5.32. The van der Waals surface area contributed by atoms with Crippen LogP contribution in [0, 0.1) is 0 Å². The predicted molar refractivity (Wildman–Crippen MR) is 81.0 cm³/mol. The van der Waals surface area contributed by atoms with Crippen LogP contribution in [0.4, 0.5) is 0 Å². The molecule has 0 bridgehead atoms. The smallest absolute Gasteiger partial charge is 0.125 e. The molecule has 0 atom stereocenters. The standard InChI is InChI=1S/C15H18Cl2N2/c16-10-15-18-13-8-7-11(17)9-14(13)19(15)12-5-3-1-2-4-6-12/h7-9,12H,1-6,10H2. The summed E-state index contributed by atoms with van der Waals surface area (Å²) in [5, 5.41) is 0.767. The van der Waals surface area contributed by atoms with Crippen molar-refractivity contribution in [2.75, 3.05) is 0 Å². The molecule has 0 N–H and O–H groups in total. The SMILES string of the molecule is ClCc1nc2ccc(Cl)cc2n1C1CCCCCC1. The zero-order valence-electron chi connectivity index (χ0n) is 10.9. The summed E-state index contributed by atoms with van der Waals surface area (Å²) in [6.45, 7) is 0. The van der Waals surface area contributed by atoms with Crippen LogP contribution in [0.25, 0.3) is 11.0 Å². The Hall–Kier alpha value is -0.730. The highest BCUT2D eigenvalue weighted by Gasteiger charge is 2.20. The number of rotatable bonds is 2. The number of imidazole rings is 1. The summed E-state index contributed by atoms with van der Waals surface area (Å²) in [5.41, 5.74) is 2.14. The number of alkyl halides is 1. The Kier molecular flexibility index (Phi) is 3.99. The van der Waals surface area contributed by atoms with Crippen molar-refractivity contribution in [2.24, 2.45) is 0 Å². The van der Waals surface area contributed by atoms with Gasteiger partial charge in [0.05, 0.1) is 16.9 Å². The number of hydrogen-bond acceptors (Lipinski definition) is 1. The van der Waals surface area contributed by atoms with E-state index >= 15 is 0 Å². The Bertz CT molecular complexity index is 569. The molecule has 2 aromatic rings. The summed E-state index contributed by atoms with van der Waals surface area (Å²) in [7, 11) is 0. The van der Waals surface area contributed by atoms with Gasteiger partial charge in [-0.15, -0.1) is 11.6 Å². The van der Waals surface area contributed by atoms with Crippen LogP contribution in [0.3, 0.4) is 0 Å². The second-order valence-corrected chi connectivity index (χ2v) is 6.01. The zero-order chi connectivity index (χ0) is 13.2. The molecule has 4 heteroatoms. The van der Waals surface area contributed by atoms with E-state index in [1.54, 1.807) is 0 Å². The maximum Gasteiger partial charge on any atom is 0.125 e. The maximum absolute atomic E-state index is 6.14. The molecule has 2 nitrogen and oxygen atoms in total. The molecule has 0 saturated heterocycles. The summed E-state index contributed by atoms with van der Waals surface area (Å²) in [5.74, 6) is 1.44. The molecule has 102 valence electrons. The zero-order valence-corrected chi connectivity index (χ0v) is 12.4. The van der Waals surface area contributed by atoms with Crippen LogP contribution in [0.1, 0.15) is 50.4 Å². The quantitative estimate of drug-likeness (QED) is 0.541. The van der Waals surface area contributed by atoms with Gasteiger partial charge in [-0.2, -0.15) is 0 Å². The van der Waals surface area contributed by atoms with Crippen LogP contribution >= 0.6 is 23.2 Å². The molecule has 1 fully saturated rings. The van der Waals surface area contributed by atoms with Crippen molar-refractivity contribution < 1.29 is 0 Å². The second kappa shape index (κ2) is 5.72. The highest BCUT2D eigenvalue weighted by Crippen LogP contribution is 2.33. The minimum Gasteiger partial charge on any atom is -0.324 e. The minimum absolute atomic E-state index is 0.461. The number of hydrogen-bond donors (Lipinski definition) is 0. The Balaban J connectivity index is 2.10. The third-order valence-corrected chi connectivity index (χ3v) is 4.51. The van der Waals surface area contributed by atoms with Gasteiger partial charge in [0.25, 0.3) is 0 Å². The average molecular weight is 297 g/mol. The van der Waals surface area contributed by atoms with Gasteiger partial charge in [-0.3, -0.25) is 0 Å². The first-order chi connectivity index (χ1) is 9.29. The van der Waals surface area contributed by atoms with E-state index in [1.807, 2.05) is 18.2 Å². The van der Waals surface area contributed by atoms with Gasteiger partial charge in [-0.25, -0.2) is 4.98 Å². The maximum atomic E-state index is 6.14. The highest BCUT2D eigenvalue weighted by atomic mass is 35.5. The van der Waals surface area contributed by atoms with Crippen molar-refractivity contribution in [1.82, 2.24) is 9.55 Å². The normalized spacial score (nSPS) is 17.8. The molecule has 0 spiro atoms. The largest absolute Gasteiger partial charge is 0.324 e. The van der Waals surface area contributed by atoms with Gasteiger partial charge in [0.1, 0.15) is 5.82 Å². The van der Waals surface area contributed by atoms with Crippen LogP contribution in [0.15, 0.2) is 18.2 Å². The Morgan fingerprint density at radius 1 is 1.16 bits per heavy atom. The lowest BCUT2D eigenvalue weighted by molar-refractivity contribution is 0.444. The van der Waals surface area contributed by atoms with E-state index in [-0.39, 0.29) is 0 Å². The summed E-state index contributed by atoms with van der Waals surface area (Å²) in [6.07, 6.45) is 7.74. The lowest BCUT2D eigenvalue weighted by Gasteiger charge is -2.19. The molecule has 3 rings (SSSR count). The highest BCUT2D eigenvalue weighted by molar-refractivity contribution is 6.31. The first kappa shape index (κ1) is 13.3. The first-order valence-electron chi connectivity index (χ1n) is 7.02. The van der Waals surface area contributed by atoms with Gasteiger partial charge in [0, 0.05) is 11.1 Å². The summed E-state index contributed by atoms with van der Waals surface area (Å²) in [4.78, 5) is 4.65. The van der Waals surface area contributed by atoms with Crippen LogP contribution in [0.5, 0.6) is 0 Å². The van der Waals surface area contributed by atoms with Crippen LogP contribution in [-0.2, 0) is 5.88 Å². The summed E-state index contributed by atoms with van der Waals surface area (Å²) < 4.78 is 2.33. The molecule has 1 aliphatic carbocycles. The molecule has 1 saturated carbocycles. The van der Waals surface area contributed by atoms with Crippen molar-refractivity contribution in [1.29, 1.82) is 0 Å².